The number of hydrogen-bond donors (Lipinski definition) is 2. The van der Waals surface area contributed by atoms with Crippen LogP contribution in [-0.2, 0) is 4.79 Å². The van der Waals surface area contributed by atoms with Crippen LogP contribution in [0.1, 0.15) is 30.9 Å². The lowest BCUT2D eigenvalue weighted by atomic mass is 9.98. The number of hydrogen-bond acceptors (Lipinski definition) is 4. The van der Waals surface area contributed by atoms with E-state index in [0.717, 1.165) is 50.2 Å². The van der Waals surface area contributed by atoms with Gasteiger partial charge >= 0.3 is 0 Å². The average Bonchev–Trinajstić information content (AvgIpc) is 3.00. The predicted octanol–water partition coefficient (Wildman–Crippen LogP) is 1.30. The zero-order chi connectivity index (χ0) is 15.5. The number of rotatable bonds is 3. The van der Waals surface area contributed by atoms with E-state index in [1.54, 1.807) is 7.11 Å². The van der Waals surface area contributed by atoms with Gasteiger partial charge in [0.1, 0.15) is 5.75 Å². The molecule has 3 unspecified atom stereocenters. The van der Waals surface area contributed by atoms with Crippen LogP contribution in [0.3, 0.4) is 0 Å². The van der Waals surface area contributed by atoms with E-state index in [-0.39, 0.29) is 23.9 Å². The molecule has 1 saturated heterocycles. The first-order chi connectivity index (χ1) is 10.7. The van der Waals surface area contributed by atoms with Crippen LogP contribution in [0, 0.1) is 5.92 Å². The van der Waals surface area contributed by atoms with Crippen LogP contribution in [0.2, 0.25) is 0 Å². The summed E-state index contributed by atoms with van der Waals surface area (Å²) in [7, 11) is 1.68. The SMILES string of the molecule is COc1ccccc1C1CNCCN1C(=O)C1CCC(N)C1. The Morgan fingerprint density at radius 3 is 2.91 bits per heavy atom. The maximum atomic E-state index is 12.9. The molecule has 2 aliphatic rings. The van der Waals surface area contributed by atoms with E-state index in [1.165, 1.54) is 0 Å². The Labute approximate surface area is 131 Å². The molecule has 3 N–H and O–H groups in total. The van der Waals surface area contributed by atoms with Crippen molar-refractivity contribution in [3.05, 3.63) is 29.8 Å². The van der Waals surface area contributed by atoms with E-state index in [1.807, 2.05) is 23.1 Å². The topological polar surface area (TPSA) is 67.6 Å². The molecule has 1 amide bonds. The van der Waals surface area contributed by atoms with Gasteiger partial charge in [-0.3, -0.25) is 4.79 Å². The average molecular weight is 303 g/mol. The van der Waals surface area contributed by atoms with Crippen molar-refractivity contribution < 1.29 is 9.53 Å². The second kappa shape index (κ2) is 6.67. The van der Waals surface area contributed by atoms with Crippen LogP contribution in [0.4, 0.5) is 0 Å². The number of piperazine rings is 1. The van der Waals surface area contributed by atoms with Crippen molar-refractivity contribution in [3.8, 4) is 5.75 Å². The Morgan fingerprint density at radius 2 is 2.18 bits per heavy atom. The second-order valence-corrected chi connectivity index (χ2v) is 6.26. The van der Waals surface area contributed by atoms with Gasteiger partial charge in [-0.25, -0.2) is 0 Å². The molecule has 0 spiro atoms. The van der Waals surface area contributed by atoms with Crippen LogP contribution >= 0.6 is 0 Å². The Hall–Kier alpha value is -1.59. The van der Waals surface area contributed by atoms with Crippen molar-refractivity contribution in [1.82, 2.24) is 10.2 Å². The number of ether oxygens (including phenoxy) is 1. The number of carbonyl (C=O) groups is 1. The Bertz CT molecular complexity index is 534. The summed E-state index contributed by atoms with van der Waals surface area (Å²) >= 11 is 0. The van der Waals surface area contributed by atoms with E-state index in [4.69, 9.17) is 10.5 Å². The highest BCUT2D eigenvalue weighted by Crippen LogP contribution is 2.34. The summed E-state index contributed by atoms with van der Waals surface area (Å²) in [6.45, 7) is 2.36. The fraction of sp³-hybridized carbons (Fsp3) is 0.588. The highest BCUT2D eigenvalue weighted by Gasteiger charge is 2.36. The molecule has 120 valence electrons. The van der Waals surface area contributed by atoms with Gasteiger partial charge in [0.2, 0.25) is 5.91 Å². The Balaban J connectivity index is 1.83. The van der Waals surface area contributed by atoms with Gasteiger partial charge in [-0.2, -0.15) is 0 Å². The van der Waals surface area contributed by atoms with Crippen molar-refractivity contribution in [2.75, 3.05) is 26.7 Å². The lowest BCUT2D eigenvalue weighted by Gasteiger charge is -2.38. The van der Waals surface area contributed by atoms with Gasteiger partial charge in [-0.05, 0) is 25.3 Å². The molecule has 0 aromatic heterocycles. The Kier molecular flexibility index (Phi) is 4.64. The molecule has 1 aromatic carbocycles. The molecule has 0 bridgehead atoms. The molecule has 1 aliphatic carbocycles. The summed E-state index contributed by atoms with van der Waals surface area (Å²) < 4.78 is 5.48. The summed E-state index contributed by atoms with van der Waals surface area (Å²) in [4.78, 5) is 15.0. The summed E-state index contributed by atoms with van der Waals surface area (Å²) in [5, 5.41) is 3.39. The van der Waals surface area contributed by atoms with E-state index in [9.17, 15) is 4.79 Å². The summed E-state index contributed by atoms with van der Waals surface area (Å²) in [5.41, 5.74) is 7.06. The summed E-state index contributed by atoms with van der Waals surface area (Å²) in [6.07, 6.45) is 2.70. The van der Waals surface area contributed by atoms with Gasteiger partial charge in [0, 0.05) is 37.2 Å². The second-order valence-electron chi connectivity index (χ2n) is 6.26. The smallest absolute Gasteiger partial charge is 0.226 e. The van der Waals surface area contributed by atoms with E-state index in [0.29, 0.717) is 0 Å². The molecular formula is C17H25N3O2. The number of amides is 1. The number of para-hydroxylation sites is 1. The van der Waals surface area contributed by atoms with E-state index in [2.05, 4.69) is 11.4 Å². The highest BCUT2D eigenvalue weighted by atomic mass is 16.5. The monoisotopic (exact) mass is 303 g/mol. The van der Waals surface area contributed by atoms with Crippen LogP contribution in [-0.4, -0.2) is 43.6 Å². The third-order valence-electron chi connectivity index (χ3n) is 4.85. The van der Waals surface area contributed by atoms with Crippen molar-refractivity contribution in [2.24, 2.45) is 11.7 Å². The first-order valence-electron chi connectivity index (χ1n) is 8.10. The predicted molar refractivity (Wildman–Crippen MR) is 85.6 cm³/mol. The molecule has 5 nitrogen and oxygen atoms in total. The van der Waals surface area contributed by atoms with Crippen LogP contribution in [0.15, 0.2) is 24.3 Å². The normalized spacial score (nSPS) is 28.6. The van der Waals surface area contributed by atoms with E-state index >= 15 is 0 Å². The first-order valence-corrected chi connectivity index (χ1v) is 8.10. The minimum atomic E-state index is 0.0363. The zero-order valence-corrected chi connectivity index (χ0v) is 13.1. The van der Waals surface area contributed by atoms with Crippen LogP contribution < -0.4 is 15.8 Å². The lowest BCUT2D eigenvalue weighted by molar-refractivity contribution is -0.138. The molecule has 3 atom stereocenters. The van der Waals surface area contributed by atoms with Gasteiger partial charge in [-0.15, -0.1) is 0 Å². The number of methoxy groups -OCH3 is 1. The first kappa shape index (κ1) is 15.3. The fourth-order valence-corrected chi connectivity index (χ4v) is 3.66. The minimum absolute atomic E-state index is 0.0363. The number of nitrogens with two attached hydrogens (primary N) is 1. The van der Waals surface area contributed by atoms with Crippen LogP contribution in [0.25, 0.3) is 0 Å². The largest absolute Gasteiger partial charge is 0.496 e. The van der Waals surface area contributed by atoms with Gasteiger partial charge in [0.15, 0.2) is 0 Å². The number of benzene rings is 1. The maximum Gasteiger partial charge on any atom is 0.226 e. The number of nitrogens with one attached hydrogen (secondary N) is 1. The molecular weight excluding hydrogens is 278 g/mol. The summed E-state index contributed by atoms with van der Waals surface area (Å²) in [5.74, 6) is 1.19. The quantitative estimate of drug-likeness (QED) is 0.883. The summed E-state index contributed by atoms with van der Waals surface area (Å²) in [6, 6.07) is 8.19. The highest BCUT2D eigenvalue weighted by molar-refractivity contribution is 5.80. The number of carbonyl (C=O) groups excluding carboxylic acids is 1. The minimum Gasteiger partial charge on any atom is -0.496 e. The molecule has 1 aliphatic heterocycles. The molecule has 1 aromatic rings. The van der Waals surface area contributed by atoms with Crippen molar-refractivity contribution in [1.29, 1.82) is 0 Å². The number of nitrogens with zero attached hydrogens (tertiary/aromatic N) is 1. The van der Waals surface area contributed by atoms with Crippen molar-refractivity contribution in [3.63, 3.8) is 0 Å². The fourth-order valence-electron chi connectivity index (χ4n) is 3.66. The molecule has 5 heteroatoms. The van der Waals surface area contributed by atoms with Crippen molar-refractivity contribution >= 4 is 5.91 Å². The maximum absolute atomic E-state index is 12.9. The van der Waals surface area contributed by atoms with Crippen LogP contribution in [0.5, 0.6) is 5.75 Å². The van der Waals surface area contributed by atoms with Gasteiger partial charge in [0.05, 0.1) is 13.2 Å². The van der Waals surface area contributed by atoms with Gasteiger partial charge in [-0.1, -0.05) is 18.2 Å². The molecule has 1 saturated carbocycles. The molecule has 22 heavy (non-hydrogen) atoms. The third kappa shape index (κ3) is 2.96. The lowest BCUT2D eigenvalue weighted by Crippen LogP contribution is -2.50. The third-order valence-corrected chi connectivity index (χ3v) is 4.85. The van der Waals surface area contributed by atoms with E-state index < -0.39 is 0 Å². The zero-order valence-electron chi connectivity index (χ0n) is 13.1. The molecule has 1 heterocycles. The van der Waals surface area contributed by atoms with Gasteiger partial charge < -0.3 is 20.7 Å². The molecule has 3 rings (SSSR count). The standard InChI is InChI=1S/C17H25N3O2/c1-22-16-5-3-2-4-14(16)15-11-19-8-9-20(15)17(21)12-6-7-13(18)10-12/h2-5,12-13,15,19H,6-11,18H2,1H3. The molecule has 0 radical (unpaired) electrons. The van der Waals surface area contributed by atoms with Gasteiger partial charge in [0.25, 0.3) is 0 Å². The van der Waals surface area contributed by atoms with Crippen molar-refractivity contribution in [2.45, 2.75) is 31.3 Å². The molecule has 2 fully saturated rings. The Morgan fingerprint density at radius 1 is 1.36 bits per heavy atom.